The van der Waals surface area contributed by atoms with Crippen molar-refractivity contribution in [1.82, 2.24) is 15.0 Å². The van der Waals surface area contributed by atoms with Crippen molar-refractivity contribution < 1.29 is 0 Å². The molecule has 9 aromatic rings. The molecule has 0 saturated carbocycles. The molecule has 0 fully saturated rings. The van der Waals surface area contributed by atoms with Crippen LogP contribution in [0, 0.1) is 0 Å². The van der Waals surface area contributed by atoms with E-state index in [2.05, 4.69) is 120 Å². The largest absolute Gasteiger partial charge is 0.279 e. The van der Waals surface area contributed by atoms with E-state index >= 15 is 0 Å². The third-order valence-corrected chi connectivity index (χ3v) is 10.1. The van der Waals surface area contributed by atoms with Crippen molar-refractivity contribution in [3.8, 4) is 45.0 Å². The van der Waals surface area contributed by atoms with Crippen LogP contribution in [-0.4, -0.2) is 15.0 Å². The number of rotatable bonds is 7. The zero-order valence-electron chi connectivity index (χ0n) is 27.0. The summed E-state index contributed by atoms with van der Waals surface area (Å²) in [5.74, 6) is 1.78. The van der Waals surface area contributed by atoms with Crippen molar-refractivity contribution in [3.05, 3.63) is 182 Å². The quantitative estimate of drug-likeness (QED) is 0.171. The lowest BCUT2D eigenvalue weighted by molar-refractivity contribution is 1.02. The highest BCUT2D eigenvalue weighted by Gasteiger charge is 2.20. The lowest BCUT2D eigenvalue weighted by Crippen LogP contribution is -2.15. The molecule has 236 valence electrons. The summed E-state index contributed by atoms with van der Waals surface area (Å²) in [5.41, 5.74) is 8.41. The Bertz CT molecular complexity index is 2510. The van der Waals surface area contributed by atoms with E-state index in [1.165, 1.54) is 31.3 Å². The van der Waals surface area contributed by atoms with Gasteiger partial charge in [0, 0.05) is 42.7 Å². The van der Waals surface area contributed by atoms with E-state index in [1.54, 1.807) is 0 Å². The fourth-order valence-corrected chi connectivity index (χ4v) is 7.51. The van der Waals surface area contributed by atoms with Crippen LogP contribution < -0.4 is 4.90 Å². The van der Waals surface area contributed by atoms with E-state index in [1.807, 2.05) is 78.1 Å². The highest BCUT2D eigenvalue weighted by Crippen LogP contribution is 2.39. The zero-order chi connectivity index (χ0) is 33.3. The molecule has 0 saturated heterocycles. The van der Waals surface area contributed by atoms with E-state index in [0.29, 0.717) is 17.6 Å². The van der Waals surface area contributed by atoms with Gasteiger partial charge in [0.1, 0.15) is 0 Å². The SMILES string of the molecule is c1ccc(-c2ccc(N(c3ccc(-c4ccc5sc6ccccc6c5c4)cc3)c3nc(-c4ccccc4)nc(-c4ccccc4)n3)cc2)cc1. The molecule has 0 bridgehead atoms. The zero-order valence-corrected chi connectivity index (χ0v) is 27.8. The molecule has 0 amide bonds. The van der Waals surface area contributed by atoms with Crippen LogP contribution in [0.15, 0.2) is 182 Å². The minimum Gasteiger partial charge on any atom is -0.279 e. The number of hydrogen-bond acceptors (Lipinski definition) is 5. The molecule has 0 aliphatic heterocycles. The Morgan fingerprint density at radius 2 is 0.780 bits per heavy atom. The summed E-state index contributed by atoms with van der Waals surface area (Å²) in [5, 5.41) is 2.59. The molecular formula is C45H30N4S. The summed E-state index contributed by atoms with van der Waals surface area (Å²) in [6, 6.07) is 63.3. The molecule has 0 spiro atoms. The fourth-order valence-electron chi connectivity index (χ4n) is 6.42. The van der Waals surface area contributed by atoms with Gasteiger partial charge in [0.25, 0.3) is 0 Å². The Morgan fingerprint density at radius 1 is 0.340 bits per heavy atom. The van der Waals surface area contributed by atoms with Crippen LogP contribution in [-0.2, 0) is 0 Å². The second-order valence-electron chi connectivity index (χ2n) is 12.1. The number of nitrogens with zero attached hydrogens (tertiary/aromatic N) is 4. The molecule has 0 N–H and O–H groups in total. The second-order valence-corrected chi connectivity index (χ2v) is 13.2. The summed E-state index contributed by atoms with van der Waals surface area (Å²) < 4.78 is 2.61. The first-order valence-electron chi connectivity index (χ1n) is 16.6. The second kappa shape index (κ2) is 12.9. The molecular weight excluding hydrogens is 629 g/mol. The van der Waals surface area contributed by atoms with Crippen LogP contribution in [0.1, 0.15) is 0 Å². The number of anilines is 3. The minimum absolute atomic E-state index is 0.545. The van der Waals surface area contributed by atoms with Gasteiger partial charge >= 0.3 is 0 Å². The maximum atomic E-state index is 5.11. The Hall–Kier alpha value is -6.43. The van der Waals surface area contributed by atoms with Crippen LogP contribution in [0.5, 0.6) is 0 Å². The summed E-state index contributed by atoms with van der Waals surface area (Å²) in [7, 11) is 0. The van der Waals surface area contributed by atoms with Crippen molar-refractivity contribution in [2.75, 3.05) is 4.90 Å². The molecule has 7 aromatic carbocycles. The molecule has 5 heteroatoms. The van der Waals surface area contributed by atoms with Crippen LogP contribution >= 0.6 is 11.3 Å². The predicted molar refractivity (Wildman–Crippen MR) is 209 cm³/mol. The van der Waals surface area contributed by atoms with Gasteiger partial charge in [0.05, 0.1) is 0 Å². The fraction of sp³-hybridized carbons (Fsp3) is 0. The van der Waals surface area contributed by atoms with Crippen LogP contribution in [0.4, 0.5) is 17.3 Å². The Morgan fingerprint density at radius 3 is 1.36 bits per heavy atom. The lowest BCUT2D eigenvalue weighted by Gasteiger charge is -2.24. The van der Waals surface area contributed by atoms with Gasteiger partial charge in [0.15, 0.2) is 11.6 Å². The first kappa shape index (κ1) is 29.7. The van der Waals surface area contributed by atoms with E-state index in [4.69, 9.17) is 15.0 Å². The van der Waals surface area contributed by atoms with Gasteiger partial charge in [0.2, 0.25) is 5.95 Å². The van der Waals surface area contributed by atoms with Crippen molar-refractivity contribution in [3.63, 3.8) is 0 Å². The highest BCUT2D eigenvalue weighted by molar-refractivity contribution is 7.25. The minimum atomic E-state index is 0.545. The van der Waals surface area contributed by atoms with Gasteiger partial charge in [-0.25, -0.2) is 4.98 Å². The third kappa shape index (κ3) is 5.70. The molecule has 50 heavy (non-hydrogen) atoms. The first-order valence-corrected chi connectivity index (χ1v) is 17.4. The summed E-state index contributed by atoms with van der Waals surface area (Å²) in [4.78, 5) is 17.3. The van der Waals surface area contributed by atoms with Crippen molar-refractivity contribution in [1.29, 1.82) is 0 Å². The Labute approximate surface area is 294 Å². The third-order valence-electron chi connectivity index (χ3n) is 8.96. The molecule has 0 aliphatic carbocycles. The number of aromatic nitrogens is 3. The van der Waals surface area contributed by atoms with E-state index in [9.17, 15) is 0 Å². The summed E-state index contributed by atoms with van der Waals surface area (Å²) >= 11 is 1.84. The average molecular weight is 659 g/mol. The first-order chi connectivity index (χ1) is 24.8. The number of hydrogen-bond donors (Lipinski definition) is 0. The van der Waals surface area contributed by atoms with Gasteiger partial charge in [-0.3, -0.25) is 4.90 Å². The molecule has 9 rings (SSSR count). The molecule has 0 radical (unpaired) electrons. The van der Waals surface area contributed by atoms with Crippen LogP contribution in [0.3, 0.4) is 0 Å². The van der Waals surface area contributed by atoms with Gasteiger partial charge in [-0.05, 0) is 64.7 Å². The van der Waals surface area contributed by atoms with Crippen molar-refractivity contribution in [2.24, 2.45) is 0 Å². The Balaban J connectivity index is 1.18. The maximum Gasteiger partial charge on any atom is 0.238 e. The normalized spacial score (nSPS) is 11.2. The average Bonchev–Trinajstić information content (AvgIpc) is 3.58. The lowest BCUT2D eigenvalue weighted by atomic mass is 10.0. The van der Waals surface area contributed by atoms with Gasteiger partial charge in [-0.2, -0.15) is 9.97 Å². The highest BCUT2D eigenvalue weighted by atomic mass is 32.1. The van der Waals surface area contributed by atoms with E-state index in [-0.39, 0.29) is 0 Å². The van der Waals surface area contributed by atoms with Gasteiger partial charge in [-0.15, -0.1) is 11.3 Å². The number of thiophene rings is 1. The molecule has 0 atom stereocenters. The van der Waals surface area contributed by atoms with Crippen molar-refractivity contribution in [2.45, 2.75) is 0 Å². The summed E-state index contributed by atoms with van der Waals surface area (Å²) in [6.07, 6.45) is 0. The number of fused-ring (bicyclic) bond motifs is 3. The molecule has 4 nitrogen and oxygen atoms in total. The predicted octanol–water partition coefficient (Wildman–Crippen LogP) is 12.4. The van der Waals surface area contributed by atoms with Crippen LogP contribution in [0.2, 0.25) is 0 Å². The molecule has 2 aromatic heterocycles. The van der Waals surface area contributed by atoms with Gasteiger partial charge < -0.3 is 0 Å². The van der Waals surface area contributed by atoms with Gasteiger partial charge in [-0.1, -0.05) is 140 Å². The van der Waals surface area contributed by atoms with Crippen LogP contribution in [0.25, 0.3) is 65.2 Å². The topological polar surface area (TPSA) is 41.9 Å². The smallest absolute Gasteiger partial charge is 0.238 e. The summed E-state index contributed by atoms with van der Waals surface area (Å²) in [6.45, 7) is 0. The molecule has 0 unspecified atom stereocenters. The maximum absolute atomic E-state index is 5.11. The monoisotopic (exact) mass is 658 g/mol. The number of benzene rings is 7. The molecule has 0 aliphatic rings. The Kier molecular flexibility index (Phi) is 7.65. The van der Waals surface area contributed by atoms with E-state index in [0.717, 1.165) is 33.6 Å². The standard InChI is InChI=1S/C45H30N4S/c1-4-12-31(13-5-1)32-20-25-37(26-21-32)49(45-47-43(34-14-6-2-7-15-34)46-44(48-45)35-16-8-3-9-17-35)38-27-22-33(23-28-38)36-24-29-42-40(30-36)39-18-10-11-19-41(39)50-42/h1-30H. The molecule has 2 heterocycles. The van der Waals surface area contributed by atoms with E-state index < -0.39 is 0 Å². The van der Waals surface area contributed by atoms with Crippen molar-refractivity contribution >= 4 is 48.8 Å².